The van der Waals surface area contributed by atoms with Crippen LogP contribution in [0, 0.1) is 18.6 Å². The Kier molecular flexibility index (Phi) is 5.89. The summed E-state index contributed by atoms with van der Waals surface area (Å²) in [5.41, 5.74) is 1.57. The molecule has 4 heterocycles. The first-order valence-electron chi connectivity index (χ1n) is 12.6. The van der Waals surface area contributed by atoms with Crippen molar-refractivity contribution in [2.75, 3.05) is 5.32 Å². The lowest BCUT2D eigenvalue weighted by Gasteiger charge is -2.47. The number of aliphatic hydroxyl groups is 1. The van der Waals surface area contributed by atoms with Crippen LogP contribution in [0.2, 0.25) is 0 Å². The maximum Gasteiger partial charge on any atom is 0.141 e. The van der Waals surface area contributed by atoms with Crippen LogP contribution in [0.4, 0.5) is 14.5 Å². The Bertz CT molecular complexity index is 1550. The van der Waals surface area contributed by atoms with Crippen LogP contribution in [0.15, 0.2) is 76.1 Å². The minimum atomic E-state index is -1.05. The number of H-pyrrole nitrogens is 1. The van der Waals surface area contributed by atoms with Crippen LogP contribution in [0.5, 0.6) is 0 Å². The number of aromatic nitrogens is 1. The van der Waals surface area contributed by atoms with E-state index in [1.807, 2.05) is 50.1 Å². The zero-order valence-corrected chi connectivity index (χ0v) is 21.4. The van der Waals surface area contributed by atoms with E-state index in [1.165, 1.54) is 6.07 Å². The van der Waals surface area contributed by atoms with Crippen molar-refractivity contribution in [2.24, 2.45) is 0 Å². The van der Waals surface area contributed by atoms with Gasteiger partial charge in [0.2, 0.25) is 0 Å². The largest absolute Gasteiger partial charge is 0.468 e. The smallest absolute Gasteiger partial charge is 0.141 e. The highest BCUT2D eigenvalue weighted by Crippen LogP contribution is 2.47. The fourth-order valence-corrected chi connectivity index (χ4v) is 5.59. The van der Waals surface area contributed by atoms with Crippen molar-refractivity contribution in [3.63, 3.8) is 0 Å². The molecule has 2 atom stereocenters. The average molecular weight is 518 g/mol. The molecule has 196 valence electrons. The molecule has 5 aromatic rings. The number of nitrogens with zero attached hydrogens (tertiary/aromatic N) is 1. The van der Waals surface area contributed by atoms with Gasteiger partial charge in [0.15, 0.2) is 0 Å². The zero-order valence-electron chi connectivity index (χ0n) is 21.4. The van der Waals surface area contributed by atoms with Crippen LogP contribution < -0.4 is 5.32 Å². The van der Waals surface area contributed by atoms with Crippen molar-refractivity contribution in [1.82, 2.24) is 9.88 Å². The van der Waals surface area contributed by atoms with Crippen molar-refractivity contribution in [3.05, 3.63) is 102 Å². The number of aryl methyl sites for hydroxylation is 1. The average Bonchev–Trinajstić information content (AvgIpc) is 3.64. The van der Waals surface area contributed by atoms with E-state index in [-0.39, 0.29) is 24.2 Å². The molecule has 38 heavy (non-hydrogen) atoms. The summed E-state index contributed by atoms with van der Waals surface area (Å²) in [6, 6.07) is 13.1. The highest BCUT2D eigenvalue weighted by Gasteiger charge is 2.46. The lowest BCUT2D eigenvalue weighted by atomic mass is 9.80. The molecule has 0 fully saturated rings. The van der Waals surface area contributed by atoms with Crippen molar-refractivity contribution >= 4 is 16.6 Å². The highest BCUT2D eigenvalue weighted by atomic mass is 19.1. The van der Waals surface area contributed by atoms with Crippen molar-refractivity contribution in [2.45, 2.75) is 51.5 Å². The topological polar surface area (TPSA) is 77.6 Å². The zero-order chi connectivity index (χ0) is 26.6. The van der Waals surface area contributed by atoms with Gasteiger partial charge in [0.1, 0.15) is 23.2 Å². The van der Waals surface area contributed by atoms with Gasteiger partial charge >= 0.3 is 0 Å². The maximum absolute atomic E-state index is 16.8. The number of nitrogens with one attached hydrogen (secondary N) is 2. The molecule has 0 amide bonds. The number of hydrogen-bond donors (Lipinski definition) is 3. The molecule has 0 saturated heterocycles. The fraction of sp³-hybridized carbons (Fsp3) is 0.267. The van der Waals surface area contributed by atoms with Gasteiger partial charge in [-0.05, 0) is 56.7 Å². The summed E-state index contributed by atoms with van der Waals surface area (Å²) in [6.45, 7) is 6.14. The van der Waals surface area contributed by atoms with Crippen LogP contribution in [0.1, 0.15) is 42.5 Å². The van der Waals surface area contributed by atoms with Gasteiger partial charge in [-0.3, -0.25) is 4.90 Å². The molecule has 2 aromatic carbocycles. The molecule has 3 aromatic heterocycles. The van der Waals surface area contributed by atoms with Crippen LogP contribution in [-0.2, 0) is 13.1 Å². The Balaban J connectivity index is 1.56. The van der Waals surface area contributed by atoms with Gasteiger partial charge in [-0.15, -0.1) is 0 Å². The van der Waals surface area contributed by atoms with Gasteiger partial charge in [-0.2, -0.15) is 0 Å². The molecule has 6 rings (SSSR count). The van der Waals surface area contributed by atoms with Gasteiger partial charge in [0.25, 0.3) is 0 Å². The molecule has 3 N–H and O–H groups in total. The van der Waals surface area contributed by atoms with Crippen LogP contribution in [-0.4, -0.2) is 26.6 Å². The predicted molar refractivity (Wildman–Crippen MR) is 142 cm³/mol. The summed E-state index contributed by atoms with van der Waals surface area (Å²) >= 11 is 0. The van der Waals surface area contributed by atoms with Crippen LogP contribution >= 0.6 is 0 Å². The number of benzene rings is 2. The number of anilines is 1. The van der Waals surface area contributed by atoms with Crippen molar-refractivity contribution in [1.29, 1.82) is 0 Å². The number of furan rings is 2. The second-order valence-electron chi connectivity index (χ2n) is 10.5. The molecule has 0 bridgehead atoms. The Morgan fingerprint density at radius 3 is 2.32 bits per heavy atom. The van der Waals surface area contributed by atoms with E-state index >= 15 is 8.78 Å². The summed E-state index contributed by atoms with van der Waals surface area (Å²) in [5.74, 6) is -0.0919. The molecule has 1 aliphatic heterocycles. The number of fused-ring (bicyclic) bond motifs is 2. The van der Waals surface area contributed by atoms with E-state index in [1.54, 1.807) is 36.8 Å². The quantitative estimate of drug-likeness (QED) is 0.228. The van der Waals surface area contributed by atoms with E-state index < -0.39 is 29.3 Å². The molecule has 0 aliphatic carbocycles. The second kappa shape index (κ2) is 9.15. The van der Waals surface area contributed by atoms with E-state index in [0.29, 0.717) is 28.3 Å². The van der Waals surface area contributed by atoms with Crippen LogP contribution in [0.25, 0.3) is 22.0 Å². The maximum atomic E-state index is 16.8. The Labute approximate surface area is 218 Å². The minimum Gasteiger partial charge on any atom is -0.468 e. The Hall–Kier alpha value is -3.88. The molecule has 1 unspecified atom stereocenters. The number of aliphatic hydroxyl groups excluding tert-OH is 1. The lowest BCUT2D eigenvalue weighted by Crippen LogP contribution is -2.55. The number of halogens is 2. The van der Waals surface area contributed by atoms with E-state index in [2.05, 4.69) is 10.3 Å². The molecular formula is C30H29F2N3O3. The molecule has 6 nitrogen and oxygen atoms in total. The highest BCUT2D eigenvalue weighted by molar-refractivity contribution is 5.96. The van der Waals surface area contributed by atoms with Gasteiger partial charge in [0, 0.05) is 28.4 Å². The Morgan fingerprint density at radius 2 is 1.68 bits per heavy atom. The molecule has 0 radical (unpaired) electrons. The van der Waals surface area contributed by atoms with Crippen molar-refractivity contribution < 1.29 is 22.7 Å². The molecule has 0 spiro atoms. The van der Waals surface area contributed by atoms with E-state index in [9.17, 15) is 5.11 Å². The Morgan fingerprint density at radius 1 is 1.00 bits per heavy atom. The summed E-state index contributed by atoms with van der Waals surface area (Å²) in [6.07, 6.45) is 3.93. The molecular weight excluding hydrogens is 488 g/mol. The SMILES string of the molecule is Cc1c[nH]c2c(-c3c(F)cc4c(c3F)[C@H](N(Cc3ccco3)Cc3ccco3)C(O)C(C)(C)N4)cccc12. The summed E-state index contributed by atoms with van der Waals surface area (Å²) in [7, 11) is 0. The molecule has 1 aliphatic rings. The monoisotopic (exact) mass is 517 g/mol. The third-order valence-electron chi connectivity index (χ3n) is 7.51. The second-order valence-corrected chi connectivity index (χ2v) is 10.5. The molecule has 8 heteroatoms. The lowest BCUT2D eigenvalue weighted by molar-refractivity contribution is -0.00690. The number of rotatable bonds is 6. The van der Waals surface area contributed by atoms with Gasteiger partial charge in [-0.25, -0.2) is 8.78 Å². The first-order chi connectivity index (χ1) is 18.2. The number of para-hydroxylation sites is 1. The number of aromatic amines is 1. The van der Waals surface area contributed by atoms with E-state index in [4.69, 9.17) is 8.83 Å². The minimum absolute atomic E-state index is 0.133. The van der Waals surface area contributed by atoms with E-state index in [0.717, 1.165) is 10.9 Å². The van der Waals surface area contributed by atoms with Gasteiger partial charge in [-0.1, -0.05) is 18.2 Å². The standard InChI is InChI=1S/C30H29F2N3O3/c1-17-14-33-27-20(17)9-4-10-21(27)24-22(31)13-23-25(26(24)32)28(29(36)30(2,3)34-23)35(15-18-7-5-11-37-18)16-19-8-6-12-38-19/h4-14,28-29,33-34,36H,15-16H2,1-3H3/t28-,29?/m0/s1. The third kappa shape index (κ3) is 4.01. The normalized spacial score (nSPS) is 18.6. The third-order valence-corrected chi connectivity index (χ3v) is 7.51. The van der Waals surface area contributed by atoms with Crippen molar-refractivity contribution in [3.8, 4) is 11.1 Å². The summed E-state index contributed by atoms with van der Waals surface area (Å²) < 4.78 is 43.7. The number of hydrogen-bond acceptors (Lipinski definition) is 5. The summed E-state index contributed by atoms with van der Waals surface area (Å²) in [4.78, 5) is 5.08. The molecule has 0 saturated carbocycles. The first-order valence-corrected chi connectivity index (χ1v) is 12.6. The predicted octanol–water partition coefficient (Wildman–Crippen LogP) is 6.92. The van der Waals surface area contributed by atoms with Crippen LogP contribution in [0.3, 0.4) is 0 Å². The van der Waals surface area contributed by atoms with Gasteiger partial charge < -0.3 is 24.2 Å². The summed E-state index contributed by atoms with van der Waals surface area (Å²) in [5, 5.41) is 15.7. The van der Waals surface area contributed by atoms with Gasteiger partial charge in [0.05, 0.1) is 54.4 Å². The first kappa shape index (κ1) is 24.5. The fourth-order valence-electron chi connectivity index (χ4n) is 5.59.